The summed E-state index contributed by atoms with van der Waals surface area (Å²) in [5.74, 6) is 1.91. The molecule has 1 N–H and O–H groups in total. The Morgan fingerprint density at radius 3 is 2.54 bits per heavy atom. The molecule has 3 rings (SSSR count). The van der Waals surface area contributed by atoms with Gasteiger partial charge in [0, 0.05) is 37.6 Å². The fraction of sp³-hybridized carbons (Fsp3) is 0.500. The van der Waals surface area contributed by atoms with Gasteiger partial charge in [-0.25, -0.2) is 9.98 Å². The topological polar surface area (TPSA) is 53.0 Å². The van der Waals surface area contributed by atoms with Crippen LogP contribution in [0, 0.1) is 13.8 Å². The highest BCUT2D eigenvalue weighted by atomic mass is 127. The number of thiazole rings is 1. The van der Waals surface area contributed by atoms with Crippen LogP contribution in [0.2, 0.25) is 0 Å². The summed E-state index contributed by atoms with van der Waals surface area (Å²) >= 11 is 1.74. The van der Waals surface area contributed by atoms with Gasteiger partial charge in [0.25, 0.3) is 0 Å². The zero-order valence-electron chi connectivity index (χ0n) is 17.1. The van der Waals surface area contributed by atoms with Crippen molar-refractivity contribution in [2.45, 2.75) is 27.3 Å². The van der Waals surface area contributed by atoms with E-state index in [1.807, 2.05) is 12.1 Å². The van der Waals surface area contributed by atoms with E-state index in [9.17, 15) is 0 Å². The van der Waals surface area contributed by atoms with Crippen molar-refractivity contribution in [1.29, 1.82) is 0 Å². The van der Waals surface area contributed by atoms with E-state index in [2.05, 4.69) is 53.0 Å². The van der Waals surface area contributed by atoms with Crippen LogP contribution in [0.25, 0.3) is 0 Å². The molecular formula is C20H30IN5OS. The predicted molar refractivity (Wildman–Crippen MR) is 129 cm³/mol. The minimum absolute atomic E-state index is 0. The summed E-state index contributed by atoms with van der Waals surface area (Å²) in [4.78, 5) is 15.4. The number of methoxy groups -OCH3 is 1. The number of guanidine groups is 1. The molecule has 0 saturated carbocycles. The molecule has 1 aliphatic rings. The second-order valence-corrected chi connectivity index (χ2v) is 7.85. The molecule has 0 amide bonds. The van der Waals surface area contributed by atoms with E-state index in [0.717, 1.165) is 60.8 Å². The maximum absolute atomic E-state index is 5.51. The number of halogens is 1. The average molecular weight is 515 g/mol. The summed E-state index contributed by atoms with van der Waals surface area (Å²) in [6.07, 6.45) is 0. The normalized spacial score (nSPS) is 14.6. The van der Waals surface area contributed by atoms with E-state index in [4.69, 9.17) is 9.73 Å². The molecule has 0 radical (unpaired) electrons. The monoisotopic (exact) mass is 515 g/mol. The predicted octanol–water partition coefficient (Wildman–Crippen LogP) is 3.67. The Morgan fingerprint density at radius 1 is 1.21 bits per heavy atom. The molecule has 1 aromatic heterocycles. The van der Waals surface area contributed by atoms with E-state index in [1.54, 1.807) is 18.4 Å². The number of rotatable bonds is 5. The zero-order valence-corrected chi connectivity index (χ0v) is 20.2. The molecule has 154 valence electrons. The minimum atomic E-state index is 0. The SMILES string of the molecule is CCNC(=NCc1nc(C)c(C)s1)N1CCN(c2ccccc2OC)CC1.I. The van der Waals surface area contributed by atoms with Gasteiger partial charge in [-0.1, -0.05) is 12.1 Å². The summed E-state index contributed by atoms with van der Waals surface area (Å²) in [6, 6.07) is 8.22. The first-order valence-electron chi connectivity index (χ1n) is 9.46. The van der Waals surface area contributed by atoms with E-state index >= 15 is 0 Å². The van der Waals surface area contributed by atoms with E-state index in [0.29, 0.717) is 6.54 Å². The minimum Gasteiger partial charge on any atom is -0.495 e. The molecule has 0 aliphatic carbocycles. The van der Waals surface area contributed by atoms with Crippen LogP contribution in [-0.4, -0.2) is 55.7 Å². The maximum Gasteiger partial charge on any atom is 0.194 e. The number of para-hydroxylation sites is 2. The van der Waals surface area contributed by atoms with Crippen LogP contribution in [-0.2, 0) is 6.54 Å². The van der Waals surface area contributed by atoms with Crippen LogP contribution >= 0.6 is 35.3 Å². The van der Waals surface area contributed by atoms with Gasteiger partial charge in [0.15, 0.2) is 5.96 Å². The molecule has 2 aromatic rings. The van der Waals surface area contributed by atoms with Crippen LogP contribution in [0.1, 0.15) is 22.5 Å². The van der Waals surface area contributed by atoms with Crippen molar-refractivity contribution in [2.75, 3.05) is 44.7 Å². The van der Waals surface area contributed by atoms with Crippen molar-refractivity contribution in [2.24, 2.45) is 4.99 Å². The lowest BCUT2D eigenvalue weighted by Gasteiger charge is -2.38. The van der Waals surface area contributed by atoms with E-state index in [-0.39, 0.29) is 24.0 Å². The number of ether oxygens (including phenoxy) is 1. The van der Waals surface area contributed by atoms with Crippen LogP contribution in [0.5, 0.6) is 5.75 Å². The van der Waals surface area contributed by atoms with E-state index in [1.165, 1.54) is 4.88 Å². The van der Waals surface area contributed by atoms with Crippen molar-refractivity contribution in [1.82, 2.24) is 15.2 Å². The molecule has 1 fully saturated rings. The summed E-state index contributed by atoms with van der Waals surface area (Å²) in [7, 11) is 1.73. The highest BCUT2D eigenvalue weighted by Crippen LogP contribution is 2.28. The summed E-state index contributed by atoms with van der Waals surface area (Å²) in [5.41, 5.74) is 2.27. The standard InChI is InChI=1S/C20H29N5OS.HI/c1-5-21-20(22-14-19-23-15(2)16(3)27-19)25-12-10-24(11-13-25)17-8-6-7-9-18(17)26-4;/h6-9H,5,10-14H2,1-4H3,(H,21,22);1H. The van der Waals surface area contributed by atoms with Gasteiger partial charge in [-0.15, -0.1) is 35.3 Å². The molecule has 1 saturated heterocycles. The molecule has 0 atom stereocenters. The van der Waals surface area contributed by atoms with Gasteiger partial charge in [-0.05, 0) is 32.9 Å². The van der Waals surface area contributed by atoms with Gasteiger partial charge in [-0.2, -0.15) is 0 Å². The number of nitrogens with one attached hydrogen (secondary N) is 1. The van der Waals surface area contributed by atoms with Crippen LogP contribution in [0.3, 0.4) is 0 Å². The fourth-order valence-corrected chi connectivity index (χ4v) is 4.08. The van der Waals surface area contributed by atoms with Crippen molar-refractivity contribution in [3.63, 3.8) is 0 Å². The Hall–Kier alpha value is -1.55. The van der Waals surface area contributed by atoms with Crippen LogP contribution in [0.15, 0.2) is 29.3 Å². The van der Waals surface area contributed by atoms with Crippen molar-refractivity contribution < 1.29 is 4.74 Å². The number of piperazine rings is 1. The maximum atomic E-state index is 5.51. The van der Waals surface area contributed by atoms with Crippen LogP contribution < -0.4 is 15.0 Å². The molecule has 1 aromatic carbocycles. The van der Waals surface area contributed by atoms with Crippen molar-refractivity contribution >= 4 is 47.0 Å². The van der Waals surface area contributed by atoms with E-state index < -0.39 is 0 Å². The average Bonchev–Trinajstić information content (AvgIpc) is 3.03. The summed E-state index contributed by atoms with van der Waals surface area (Å²) in [6.45, 7) is 11.5. The largest absolute Gasteiger partial charge is 0.495 e. The lowest BCUT2D eigenvalue weighted by molar-refractivity contribution is 0.367. The molecule has 1 aliphatic heterocycles. The van der Waals surface area contributed by atoms with Gasteiger partial charge in [0.05, 0.1) is 25.0 Å². The Bertz CT molecular complexity index is 767. The highest BCUT2D eigenvalue weighted by Gasteiger charge is 2.21. The number of aliphatic imine (C=N–C) groups is 1. The number of nitrogens with zero attached hydrogens (tertiary/aromatic N) is 4. The molecule has 6 nitrogen and oxygen atoms in total. The number of hydrogen-bond acceptors (Lipinski definition) is 5. The summed E-state index contributed by atoms with van der Waals surface area (Å²) < 4.78 is 5.51. The van der Waals surface area contributed by atoms with Crippen LogP contribution in [0.4, 0.5) is 5.69 Å². The Kier molecular flexibility index (Phi) is 8.81. The second-order valence-electron chi connectivity index (χ2n) is 6.57. The first-order valence-corrected chi connectivity index (χ1v) is 10.3. The van der Waals surface area contributed by atoms with Crippen molar-refractivity contribution in [3.8, 4) is 5.75 Å². The smallest absolute Gasteiger partial charge is 0.194 e. The Labute approximate surface area is 189 Å². The third-order valence-corrected chi connectivity index (χ3v) is 5.83. The quantitative estimate of drug-likeness (QED) is 0.374. The number of aryl methyl sites for hydroxylation is 2. The molecular weight excluding hydrogens is 485 g/mol. The third-order valence-electron chi connectivity index (χ3n) is 4.78. The Morgan fingerprint density at radius 2 is 1.93 bits per heavy atom. The Balaban J connectivity index is 0.00000280. The van der Waals surface area contributed by atoms with Crippen molar-refractivity contribution in [3.05, 3.63) is 39.8 Å². The highest BCUT2D eigenvalue weighted by molar-refractivity contribution is 14.0. The number of aromatic nitrogens is 1. The second kappa shape index (κ2) is 10.8. The lowest BCUT2D eigenvalue weighted by Crippen LogP contribution is -2.52. The molecule has 0 unspecified atom stereocenters. The number of benzene rings is 1. The van der Waals surface area contributed by atoms with Gasteiger partial charge in [-0.3, -0.25) is 0 Å². The zero-order chi connectivity index (χ0) is 19.2. The lowest BCUT2D eigenvalue weighted by atomic mass is 10.2. The van der Waals surface area contributed by atoms with Gasteiger partial charge >= 0.3 is 0 Å². The first kappa shape index (κ1) is 22.7. The van der Waals surface area contributed by atoms with Gasteiger partial charge < -0.3 is 19.9 Å². The molecule has 0 bridgehead atoms. The molecule has 2 heterocycles. The summed E-state index contributed by atoms with van der Waals surface area (Å²) in [5, 5.41) is 4.51. The number of hydrogen-bond donors (Lipinski definition) is 1. The van der Waals surface area contributed by atoms with Gasteiger partial charge in [0.2, 0.25) is 0 Å². The molecule has 8 heteroatoms. The van der Waals surface area contributed by atoms with Gasteiger partial charge in [0.1, 0.15) is 10.8 Å². The third kappa shape index (κ3) is 5.50. The molecule has 0 spiro atoms. The fourth-order valence-electron chi connectivity index (χ4n) is 3.23. The molecule has 28 heavy (non-hydrogen) atoms. The number of anilines is 1. The first-order chi connectivity index (χ1) is 13.1.